The summed E-state index contributed by atoms with van der Waals surface area (Å²) in [7, 11) is 0. The van der Waals surface area contributed by atoms with Crippen LogP contribution in [-0.4, -0.2) is 26.0 Å². The topological polar surface area (TPSA) is 125 Å². The lowest BCUT2D eigenvalue weighted by atomic mass is 10.1. The van der Waals surface area contributed by atoms with Crippen LogP contribution in [0, 0.1) is 0 Å². The summed E-state index contributed by atoms with van der Waals surface area (Å²) in [5, 5.41) is 9.64. The van der Waals surface area contributed by atoms with E-state index in [-0.39, 0.29) is 16.8 Å². The highest BCUT2D eigenvalue weighted by Gasteiger charge is 2.17. The fourth-order valence-corrected chi connectivity index (χ4v) is 2.73. The van der Waals surface area contributed by atoms with Crippen LogP contribution in [0.25, 0.3) is 33.3 Å². The maximum atomic E-state index is 12.4. The molecule has 0 aliphatic heterocycles. The lowest BCUT2D eigenvalue weighted by molar-refractivity contribution is 0.0697. The number of carboxylic acids is 1. The number of carbonyl (C=O) groups is 1. The van der Waals surface area contributed by atoms with Gasteiger partial charge in [0.15, 0.2) is 5.69 Å². The quantitative estimate of drug-likeness (QED) is 0.451. The van der Waals surface area contributed by atoms with E-state index in [1.165, 1.54) is 12.1 Å². The molecule has 4 rings (SSSR count). The predicted molar refractivity (Wildman–Crippen MR) is 91.0 cm³/mol. The van der Waals surface area contributed by atoms with Crippen LogP contribution in [0.4, 0.5) is 5.69 Å². The highest BCUT2D eigenvalue weighted by molar-refractivity contribution is 6.03. The zero-order chi connectivity index (χ0) is 16.8. The molecule has 24 heavy (non-hydrogen) atoms. The molecule has 0 spiro atoms. The Morgan fingerprint density at radius 2 is 1.88 bits per heavy atom. The first kappa shape index (κ1) is 14.0. The number of rotatable bonds is 2. The molecule has 0 atom stereocenters. The number of anilines is 1. The molecule has 0 amide bonds. The van der Waals surface area contributed by atoms with Crippen molar-refractivity contribution >= 4 is 33.6 Å². The number of nitrogens with zero attached hydrogens (tertiary/aromatic N) is 1. The second-order valence-corrected chi connectivity index (χ2v) is 5.41. The van der Waals surface area contributed by atoms with Gasteiger partial charge in [-0.2, -0.15) is 0 Å². The molecule has 0 fully saturated rings. The Bertz CT molecular complexity index is 1170. The molecule has 2 aromatic heterocycles. The van der Waals surface area contributed by atoms with E-state index in [4.69, 9.17) is 10.8 Å². The van der Waals surface area contributed by atoms with E-state index in [1.54, 1.807) is 18.2 Å². The molecule has 0 saturated carbocycles. The zero-order valence-electron chi connectivity index (χ0n) is 12.3. The van der Waals surface area contributed by atoms with Gasteiger partial charge in [0.05, 0.1) is 28.0 Å². The van der Waals surface area contributed by atoms with Crippen molar-refractivity contribution in [2.45, 2.75) is 0 Å². The molecule has 7 heteroatoms. The van der Waals surface area contributed by atoms with Gasteiger partial charge in [-0.3, -0.25) is 4.79 Å². The molecule has 4 aromatic rings. The average molecular weight is 320 g/mol. The predicted octanol–water partition coefficient (Wildman–Crippen LogP) is 2.35. The fourth-order valence-electron chi connectivity index (χ4n) is 2.73. The number of nitrogens with one attached hydrogen (secondary N) is 2. The minimum absolute atomic E-state index is 0.125. The monoisotopic (exact) mass is 320 g/mol. The number of hydrogen-bond acceptors (Lipinski definition) is 4. The number of aromatic amines is 2. The van der Waals surface area contributed by atoms with Gasteiger partial charge in [0.25, 0.3) is 5.56 Å². The van der Waals surface area contributed by atoms with Crippen LogP contribution in [0.2, 0.25) is 0 Å². The van der Waals surface area contributed by atoms with Gasteiger partial charge in [-0.15, -0.1) is 0 Å². The van der Waals surface area contributed by atoms with Gasteiger partial charge in [0.1, 0.15) is 0 Å². The van der Waals surface area contributed by atoms with Gasteiger partial charge in [-0.1, -0.05) is 12.1 Å². The van der Waals surface area contributed by atoms with E-state index in [2.05, 4.69) is 15.0 Å². The largest absolute Gasteiger partial charge is 0.478 e. The van der Waals surface area contributed by atoms with Crippen molar-refractivity contribution in [1.82, 2.24) is 15.0 Å². The maximum absolute atomic E-state index is 12.4. The summed E-state index contributed by atoms with van der Waals surface area (Å²) in [6.45, 7) is 0. The van der Waals surface area contributed by atoms with Crippen molar-refractivity contribution in [3.05, 3.63) is 58.4 Å². The normalized spacial score (nSPS) is 11.2. The van der Waals surface area contributed by atoms with Crippen molar-refractivity contribution in [2.24, 2.45) is 0 Å². The number of H-pyrrole nitrogens is 2. The van der Waals surface area contributed by atoms with Crippen molar-refractivity contribution < 1.29 is 9.90 Å². The number of aromatic carboxylic acids is 1. The summed E-state index contributed by atoms with van der Waals surface area (Å²) in [5.74, 6) is -1.04. The third kappa shape index (κ3) is 2.03. The van der Waals surface area contributed by atoms with Crippen LogP contribution in [0.3, 0.4) is 0 Å². The van der Waals surface area contributed by atoms with Crippen molar-refractivity contribution in [3.63, 3.8) is 0 Å². The number of para-hydroxylation sites is 2. The van der Waals surface area contributed by atoms with Gasteiger partial charge in [0, 0.05) is 10.9 Å². The highest BCUT2D eigenvalue weighted by Crippen LogP contribution is 2.31. The Morgan fingerprint density at radius 1 is 1.08 bits per heavy atom. The summed E-state index contributed by atoms with van der Waals surface area (Å²) >= 11 is 0. The van der Waals surface area contributed by atoms with E-state index in [9.17, 15) is 9.59 Å². The van der Waals surface area contributed by atoms with E-state index in [0.717, 1.165) is 0 Å². The molecule has 0 radical (unpaired) electrons. The van der Waals surface area contributed by atoms with Gasteiger partial charge in [0.2, 0.25) is 0 Å². The number of nitrogens with two attached hydrogens (primary N) is 1. The Labute approximate surface area is 134 Å². The van der Waals surface area contributed by atoms with Crippen LogP contribution in [0.1, 0.15) is 10.4 Å². The van der Waals surface area contributed by atoms with Crippen LogP contribution in [0.15, 0.2) is 47.3 Å². The number of aromatic nitrogens is 3. The molecule has 0 aliphatic carbocycles. The lowest BCUT2D eigenvalue weighted by Crippen LogP contribution is -2.12. The third-order valence-electron chi connectivity index (χ3n) is 3.92. The molecule has 0 saturated heterocycles. The third-order valence-corrected chi connectivity index (χ3v) is 3.92. The minimum atomic E-state index is -1.04. The van der Waals surface area contributed by atoms with E-state index >= 15 is 0 Å². The van der Waals surface area contributed by atoms with Crippen LogP contribution in [0.5, 0.6) is 0 Å². The van der Waals surface area contributed by atoms with Gasteiger partial charge >= 0.3 is 5.97 Å². The molecule has 2 aromatic carbocycles. The van der Waals surface area contributed by atoms with Gasteiger partial charge < -0.3 is 20.8 Å². The standard InChI is InChI=1S/C17H12N4O3/c18-13-9-7-8(17(23)24)5-6-10(9)19-14(13)15-16(22)21-12-4-2-1-3-11(12)20-15/h1-7,19H,18H2,(H,21,22)(H,23,24). The second kappa shape index (κ2) is 4.95. The van der Waals surface area contributed by atoms with Crippen molar-refractivity contribution in [2.75, 3.05) is 5.73 Å². The number of nitrogen functional groups attached to an aromatic ring is 1. The Balaban J connectivity index is 2.00. The molecule has 5 N–H and O–H groups in total. The first-order chi connectivity index (χ1) is 11.5. The van der Waals surface area contributed by atoms with Crippen LogP contribution in [-0.2, 0) is 0 Å². The summed E-state index contributed by atoms with van der Waals surface area (Å²) in [4.78, 5) is 33.7. The van der Waals surface area contributed by atoms with Crippen LogP contribution < -0.4 is 11.3 Å². The Kier molecular flexibility index (Phi) is 2.89. The summed E-state index contributed by atoms with van der Waals surface area (Å²) < 4.78 is 0. The zero-order valence-corrected chi connectivity index (χ0v) is 12.3. The molecular formula is C17H12N4O3. The number of benzene rings is 2. The SMILES string of the molecule is Nc1c(-c2nc3ccccc3[nH]c2=O)[nH]c2ccc(C(=O)O)cc12. The van der Waals surface area contributed by atoms with Crippen LogP contribution >= 0.6 is 0 Å². The summed E-state index contributed by atoms with van der Waals surface area (Å²) in [6, 6.07) is 11.8. The smallest absolute Gasteiger partial charge is 0.335 e. The fraction of sp³-hybridized carbons (Fsp3) is 0. The first-order valence-electron chi connectivity index (χ1n) is 7.18. The maximum Gasteiger partial charge on any atom is 0.335 e. The highest BCUT2D eigenvalue weighted by atomic mass is 16.4. The Hall–Kier alpha value is -3.61. The molecule has 0 aliphatic rings. The molecule has 7 nitrogen and oxygen atoms in total. The molecule has 2 heterocycles. The number of hydrogen-bond donors (Lipinski definition) is 4. The summed E-state index contributed by atoms with van der Waals surface area (Å²) in [6.07, 6.45) is 0. The van der Waals surface area contributed by atoms with Gasteiger partial charge in [-0.05, 0) is 30.3 Å². The number of fused-ring (bicyclic) bond motifs is 2. The van der Waals surface area contributed by atoms with Crippen molar-refractivity contribution in [1.29, 1.82) is 0 Å². The first-order valence-corrected chi connectivity index (χ1v) is 7.18. The lowest BCUT2D eigenvalue weighted by Gasteiger charge is -2.02. The Morgan fingerprint density at radius 3 is 2.67 bits per heavy atom. The minimum Gasteiger partial charge on any atom is -0.478 e. The van der Waals surface area contributed by atoms with E-state index in [0.29, 0.717) is 33.3 Å². The van der Waals surface area contributed by atoms with E-state index in [1.807, 2.05) is 12.1 Å². The summed E-state index contributed by atoms with van der Waals surface area (Å²) in [5.41, 5.74) is 8.63. The van der Waals surface area contributed by atoms with Gasteiger partial charge in [-0.25, -0.2) is 9.78 Å². The molecular weight excluding hydrogens is 308 g/mol. The molecule has 0 bridgehead atoms. The van der Waals surface area contributed by atoms with E-state index < -0.39 is 5.97 Å². The molecule has 118 valence electrons. The second-order valence-electron chi connectivity index (χ2n) is 5.41. The number of carboxylic acid groups (broad SMARTS) is 1. The molecule has 0 unspecified atom stereocenters. The average Bonchev–Trinajstić information content (AvgIpc) is 2.90. The van der Waals surface area contributed by atoms with Crippen molar-refractivity contribution in [3.8, 4) is 11.4 Å².